The highest BCUT2D eigenvalue weighted by Gasteiger charge is 2.16. The molecular weight excluding hydrogens is 294 g/mol. The van der Waals surface area contributed by atoms with Gasteiger partial charge in [-0.2, -0.15) is 0 Å². The molecule has 0 aliphatic carbocycles. The maximum atomic E-state index is 10.8. The highest BCUT2D eigenvalue weighted by Crippen LogP contribution is 2.27. The van der Waals surface area contributed by atoms with Crippen molar-refractivity contribution in [2.75, 3.05) is 0 Å². The zero-order valence-corrected chi connectivity index (χ0v) is 11.4. The van der Waals surface area contributed by atoms with Crippen molar-refractivity contribution < 1.29 is 14.2 Å². The fourth-order valence-electron chi connectivity index (χ4n) is 1.70. The van der Waals surface area contributed by atoms with Gasteiger partial charge in [0.1, 0.15) is 18.5 Å². The minimum atomic E-state index is -0.588. The monoisotopic (exact) mass is 303 g/mol. The Kier molecular flexibility index (Phi) is 3.61. The predicted molar refractivity (Wildman–Crippen MR) is 75.0 cm³/mol. The van der Waals surface area contributed by atoms with Crippen molar-refractivity contribution in [3.05, 3.63) is 57.7 Å². The maximum absolute atomic E-state index is 10.8. The van der Waals surface area contributed by atoms with E-state index in [1.165, 1.54) is 23.6 Å². The standard InChI is InChI=1S/C13H9N3O4S/c17-16(18)13-10(3-1-5-14-13)19-8-9-7-11(20-15-9)12-4-2-6-21-12/h1-7H,8H2. The zero-order chi connectivity index (χ0) is 14.7. The Labute approximate surface area is 123 Å². The molecule has 0 unspecified atom stereocenters. The molecule has 106 valence electrons. The van der Waals surface area contributed by atoms with E-state index < -0.39 is 4.92 Å². The summed E-state index contributed by atoms with van der Waals surface area (Å²) < 4.78 is 10.6. The van der Waals surface area contributed by atoms with E-state index in [0.717, 1.165) is 4.88 Å². The molecule has 0 saturated carbocycles. The van der Waals surface area contributed by atoms with Gasteiger partial charge in [-0.3, -0.25) is 0 Å². The summed E-state index contributed by atoms with van der Waals surface area (Å²) in [6.45, 7) is 0.0708. The van der Waals surface area contributed by atoms with Crippen molar-refractivity contribution in [2.45, 2.75) is 6.61 Å². The third-order valence-electron chi connectivity index (χ3n) is 2.62. The zero-order valence-electron chi connectivity index (χ0n) is 10.6. The van der Waals surface area contributed by atoms with Gasteiger partial charge in [-0.15, -0.1) is 11.3 Å². The molecule has 0 bridgehead atoms. The molecule has 0 amide bonds. The second kappa shape index (κ2) is 5.71. The van der Waals surface area contributed by atoms with Crippen LogP contribution < -0.4 is 4.74 Å². The van der Waals surface area contributed by atoms with E-state index in [4.69, 9.17) is 9.26 Å². The molecule has 0 N–H and O–H groups in total. The van der Waals surface area contributed by atoms with Crippen molar-refractivity contribution in [1.29, 1.82) is 0 Å². The molecule has 0 atom stereocenters. The van der Waals surface area contributed by atoms with Gasteiger partial charge in [-0.05, 0) is 33.5 Å². The summed E-state index contributed by atoms with van der Waals surface area (Å²) in [6.07, 6.45) is 1.34. The number of aromatic nitrogens is 2. The number of nitrogens with zero attached hydrogens (tertiary/aromatic N) is 3. The van der Waals surface area contributed by atoms with Crippen molar-refractivity contribution in [2.24, 2.45) is 0 Å². The lowest BCUT2D eigenvalue weighted by Gasteiger charge is -2.03. The molecule has 0 aliphatic heterocycles. The van der Waals surface area contributed by atoms with Crippen molar-refractivity contribution in [3.8, 4) is 16.4 Å². The largest absolute Gasteiger partial charge is 0.479 e. The fraction of sp³-hybridized carbons (Fsp3) is 0.0769. The maximum Gasteiger partial charge on any atom is 0.406 e. The first-order chi connectivity index (χ1) is 10.2. The molecule has 7 nitrogen and oxygen atoms in total. The van der Waals surface area contributed by atoms with Crippen LogP contribution in [-0.4, -0.2) is 15.1 Å². The van der Waals surface area contributed by atoms with Gasteiger partial charge in [0.25, 0.3) is 0 Å². The Morgan fingerprint density at radius 1 is 1.38 bits per heavy atom. The molecule has 3 aromatic heterocycles. The molecule has 0 saturated heterocycles. The van der Waals surface area contributed by atoms with Gasteiger partial charge in [0, 0.05) is 6.07 Å². The van der Waals surface area contributed by atoms with Gasteiger partial charge in [0.15, 0.2) is 5.76 Å². The van der Waals surface area contributed by atoms with Crippen LogP contribution >= 0.6 is 11.3 Å². The van der Waals surface area contributed by atoms with Crippen LogP contribution in [0.5, 0.6) is 5.75 Å². The number of thiophene rings is 1. The molecule has 21 heavy (non-hydrogen) atoms. The molecule has 3 aromatic rings. The topological polar surface area (TPSA) is 91.3 Å². The lowest BCUT2D eigenvalue weighted by Crippen LogP contribution is -2.00. The Balaban J connectivity index is 1.73. The van der Waals surface area contributed by atoms with Gasteiger partial charge in [0.2, 0.25) is 5.75 Å². The average molecular weight is 303 g/mol. The van der Waals surface area contributed by atoms with Gasteiger partial charge >= 0.3 is 5.82 Å². The van der Waals surface area contributed by atoms with Gasteiger partial charge < -0.3 is 19.4 Å². The quantitative estimate of drug-likeness (QED) is 0.530. The SMILES string of the molecule is O=[N+]([O-])c1ncccc1OCc1cc(-c2cccs2)on1. The van der Waals surface area contributed by atoms with Crippen molar-refractivity contribution in [3.63, 3.8) is 0 Å². The second-order valence-electron chi connectivity index (χ2n) is 4.03. The minimum absolute atomic E-state index is 0.0708. The Bertz CT molecular complexity index is 754. The number of hydrogen-bond acceptors (Lipinski definition) is 7. The first-order valence-electron chi connectivity index (χ1n) is 5.96. The number of pyridine rings is 1. The van der Waals surface area contributed by atoms with Crippen molar-refractivity contribution >= 4 is 17.2 Å². The molecule has 3 heterocycles. The van der Waals surface area contributed by atoms with Crippen LogP contribution in [0.2, 0.25) is 0 Å². The highest BCUT2D eigenvalue weighted by atomic mass is 32.1. The van der Waals surface area contributed by atoms with E-state index in [0.29, 0.717) is 11.5 Å². The van der Waals surface area contributed by atoms with Crippen LogP contribution in [0, 0.1) is 10.1 Å². The number of rotatable bonds is 5. The smallest absolute Gasteiger partial charge is 0.406 e. The second-order valence-corrected chi connectivity index (χ2v) is 4.98. The Hall–Kier alpha value is -2.74. The van der Waals surface area contributed by atoms with Gasteiger partial charge in [-0.25, -0.2) is 0 Å². The predicted octanol–water partition coefficient (Wildman–Crippen LogP) is 3.29. The summed E-state index contributed by atoms with van der Waals surface area (Å²) in [5, 5.41) is 16.6. The minimum Gasteiger partial charge on any atom is -0.479 e. The van der Waals surface area contributed by atoms with Crippen LogP contribution in [0.3, 0.4) is 0 Å². The van der Waals surface area contributed by atoms with Gasteiger partial charge in [-0.1, -0.05) is 11.2 Å². The molecule has 0 fully saturated rings. The number of ether oxygens (including phenoxy) is 1. The first kappa shape index (κ1) is 13.3. The Morgan fingerprint density at radius 2 is 2.29 bits per heavy atom. The molecular formula is C13H9N3O4S. The number of nitro groups is 1. The number of hydrogen-bond donors (Lipinski definition) is 0. The third kappa shape index (κ3) is 2.90. The van der Waals surface area contributed by atoms with E-state index in [-0.39, 0.29) is 18.2 Å². The summed E-state index contributed by atoms with van der Waals surface area (Å²) in [5.41, 5.74) is 0.552. The van der Waals surface area contributed by atoms with Crippen LogP contribution in [0.1, 0.15) is 5.69 Å². The van der Waals surface area contributed by atoms with Crippen LogP contribution in [0.15, 0.2) is 46.4 Å². The lowest BCUT2D eigenvalue weighted by atomic mass is 10.3. The van der Waals surface area contributed by atoms with E-state index in [1.54, 1.807) is 12.1 Å². The van der Waals surface area contributed by atoms with E-state index in [2.05, 4.69) is 10.1 Å². The summed E-state index contributed by atoms with van der Waals surface area (Å²) in [7, 11) is 0. The molecule has 0 radical (unpaired) electrons. The molecule has 0 aliphatic rings. The Morgan fingerprint density at radius 3 is 3.05 bits per heavy atom. The van der Waals surface area contributed by atoms with E-state index >= 15 is 0 Å². The summed E-state index contributed by atoms with van der Waals surface area (Å²) in [5.74, 6) is 0.423. The van der Waals surface area contributed by atoms with E-state index in [1.807, 2.05) is 17.5 Å². The fourth-order valence-corrected chi connectivity index (χ4v) is 2.37. The van der Waals surface area contributed by atoms with Crippen LogP contribution in [0.4, 0.5) is 5.82 Å². The molecule has 8 heteroatoms. The first-order valence-corrected chi connectivity index (χ1v) is 6.83. The lowest BCUT2D eigenvalue weighted by molar-refractivity contribution is -0.390. The van der Waals surface area contributed by atoms with Gasteiger partial charge in [0.05, 0.1) is 4.88 Å². The average Bonchev–Trinajstić information content (AvgIpc) is 3.16. The van der Waals surface area contributed by atoms with Crippen LogP contribution in [0.25, 0.3) is 10.6 Å². The molecule has 0 aromatic carbocycles. The van der Waals surface area contributed by atoms with Crippen molar-refractivity contribution in [1.82, 2.24) is 10.1 Å². The third-order valence-corrected chi connectivity index (χ3v) is 3.51. The molecule has 0 spiro atoms. The highest BCUT2D eigenvalue weighted by molar-refractivity contribution is 7.13. The van der Waals surface area contributed by atoms with E-state index in [9.17, 15) is 10.1 Å². The molecule has 3 rings (SSSR count). The summed E-state index contributed by atoms with van der Waals surface area (Å²) in [6, 6.07) is 8.64. The van der Waals surface area contributed by atoms with Crippen LogP contribution in [-0.2, 0) is 6.61 Å². The normalized spacial score (nSPS) is 10.5. The summed E-state index contributed by atoms with van der Waals surface area (Å²) >= 11 is 1.54. The summed E-state index contributed by atoms with van der Waals surface area (Å²) in [4.78, 5) is 14.9.